The number of nitrogens with zero attached hydrogens (tertiary/aromatic N) is 1. The molecule has 2 atom stereocenters. The van der Waals surface area contributed by atoms with Crippen LogP contribution < -0.4 is 5.32 Å². The zero-order valence-electron chi connectivity index (χ0n) is 10.3. The van der Waals surface area contributed by atoms with E-state index in [1.807, 2.05) is 6.07 Å². The van der Waals surface area contributed by atoms with Crippen LogP contribution >= 0.6 is 15.9 Å². The molecule has 0 radical (unpaired) electrons. The highest BCUT2D eigenvalue weighted by Crippen LogP contribution is 2.27. The van der Waals surface area contributed by atoms with Crippen LogP contribution in [0.25, 0.3) is 0 Å². The molecule has 1 aromatic rings. The van der Waals surface area contributed by atoms with Gasteiger partial charge in [-0.25, -0.2) is 4.39 Å². The van der Waals surface area contributed by atoms with Crippen LogP contribution in [0.3, 0.4) is 0 Å². The van der Waals surface area contributed by atoms with E-state index in [4.69, 9.17) is 0 Å². The second-order valence-electron chi connectivity index (χ2n) is 5.39. The van der Waals surface area contributed by atoms with Gasteiger partial charge in [0.2, 0.25) is 0 Å². The summed E-state index contributed by atoms with van der Waals surface area (Å²) in [7, 11) is 0. The van der Waals surface area contributed by atoms with E-state index in [0.29, 0.717) is 6.04 Å². The Morgan fingerprint density at radius 1 is 1.39 bits per heavy atom. The largest absolute Gasteiger partial charge is 0.312 e. The first-order chi connectivity index (χ1) is 8.72. The van der Waals surface area contributed by atoms with Gasteiger partial charge in [0.15, 0.2) is 0 Å². The molecule has 2 saturated heterocycles. The molecule has 0 spiro atoms. The molecule has 0 bridgehead atoms. The van der Waals surface area contributed by atoms with Crippen molar-refractivity contribution in [3.63, 3.8) is 0 Å². The van der Waals surface area contributed by atoms with Crippen LogP contribution in [0.4, 0.5) is 4.39 Å². The smallest absolute Gasteiger partial charge is 0.127 e. The highest BCUT2D eigenvalue weighted by atomic mass is 79.9. The van der Waals surface area contributed by atoms with Crippen molar-refractivity contribution in [3.8, 4) is 0 Å². The molecule has 2 nitrogen and oxygen atoms in total. The zero-order chi connectivity index (χ0) is 12.5. The fourth-order valence-electron chi connectivity index (χ4n) is 3.17. The van der Waals surface area contributed by atoms with Crippen molar-refractivity contribution in [2.45, 2.75) is 25.4 Å². The highest BCUT2D eigenvalue weighted by molar-refractivity contribution is 9.10. The van der Waals surface area contributed by atoms with Gasteiger partial charge in [0.05, 0.1) is 0 Å². The third-order valence-corrected chi connectivity index (χ3v) is 4.57. The predicted octanol–water partition coefficient (Wildman–Crippen LogP) is 2.77. The summed E-state index contributed by atoms with van der Waals surface area (Å²) in [6.07, 6.45) is 2.59. The van der Waals surface area contributed by atoms with E-state index in [0.717, 1.165) is 42.1 Å². The molecular weight excluding hydrogens is 295 g/mol. The van der Waals surface area contributed by atoms with Crippen molar-refractivity contribution in [1.29, 1.82) is 0 Å². The van der Waals surface area contributed by atoms with Gasteiger partial charge in [0.1, 0.15) is 5.82 Å². The van der Waals surface area contributed by atoms with Crippen molar-refractivity contribution < 1.29 is 4.39 Å². The molecule has 2 aliphatic rings. The molecule has 18 heavy (non-hydrogen) atoms. The lowest BCUT2D eigenvalue weighted by Crippen LogP contribution is -2.40. The number of likely N-dealkylation sites (tertiary alicyclic amines) is 1. The van der Waals surface area contributed by atoms with E-state index in [9.17, 15) is 4.39 Å². The lowest BCUT2D eigenvalue weighted by Gasteiger charge is -2.24. The van der Waals surface area contributed by atoms with Gasteiger partial charge in [0, 0.05) is 35.7 Å². The number of nitrogens with one attached hydrogen (secondary N) is 1. The van der Waals surface area contributed by atoms with Gasteiger partial charge in [-0.05, 0) is 43.5 Å². The van der Waals surface area contributed by atoms with Crippen LogP contribution in [0.2, 0.25) is 0 Å². The Hall–Kier alpha value is -0.450. The second kappa shape index (κ2) is 5.27. The maximum atomic E-state index is 13.7. The van der Waals surface area contributed by atoms with Gasteiger partial charge in [0.25, 0.3) is 0 Å². The van der Waals surface area contributed by atoms with Crippen molar-refractivity contribution in [2.75, 3.05) is 19.6 Å². The average Bonchev–Trinajstić information content (AvgIpc) is 2.76. The zero-order valence-corrected chi connectivity index (χ0v) is 11.9. The van der Waals surface area contributed by atoms with E-state index >= 15 is 0 Å². The summed E-state index contributed by atoms with van der Waals surface area (Å²) in [6, 6.07) is 5.81. The molecule has 1 N–H and O–H groups in total. The molecule has 2 aliphatic heterocycles. The van der Waals surface area contributed by atoms with Crippen molar-refractivity contribution >= 4 is 15.9 Å². The summed E-state index contributed by atoms with van der Waals surface area (Å²) >= 11 is 3.41. The minimum atomic E-state index is -0.0963. The summed E-state index contributed by atoms with van der Waals surface area (Å²) in [5.74, 6) is 0.662. The Balaban J connectivity index is 1.68. The van der Waals surface area contributed by atoms with Crippen LogP contribution in [-0.4, -0.2) is 30.6 Å². The molecule has 3 rings (SSSR count). The van der Waals surface area contributed by atoms with E-state index in [1.54, 1.807) is 12.1 Å². The number of halogens is 2. The molecule has 0 amide bonds. The van der Waals surface area contributed by atoms with Crippen molar-refractivity contribution in [1.82, 2.24) is 10.2 Å². The molecule has 98 valence electrons. The Bertz CT molecular complexity index is 424. The van der Waals surface area contributed by atoms with Gasteiger partial charge < -0.3 is 5.32 Å². The Labute approximate surface area is 116 Å². The summed E-state index contributed by atoms with van der Waals surface area (Å²) < 4.78 is 14.7. The minimum absolute atomic E-state index is 0.0963. The van der Waals surface area contributed by atoms with Crippen LogP contribution in [0.15, 0.2) is 22.7 Å². The number of rotatable bonds is 2. The molecule has 2 heterocycles. The Morgan fingerprint density at radius 3 is 3.11 bits per heavy atom. The van der Waals surface area contributed by atoms with Crippen LogP contribution in [0, 0.1) is 11.7 Å². The molecule has 4 heteroatoms. The quantitative estimate of drug-likeness (QED) is 0.903. The first-order valence-corrected chi connectivity index (χ1v) is 7.41. The minimum Gasteiger partial charge on any atom is -0.312 e. The van der Waals surface area contributed by atoms with E-state index in [-0.39, 0.29) is 5.82 Å². The fourth-order valence-corrected chi connectivity index (χ4v) is 3.58. The van der Waals surface area contributed by atoms with Gasteiger partial charge in [-0.3, -0.25) is 4.90 Å². The highest BCUT2D eigenvalue weighted by Gasteiger charge is 2.34. The molecular formula is C14H18BrFN2. The number of benzene rings is 1. The standard InChI is InChI=1S/C14H18BrFN2/c15-12-3-4-13(16)11(6-12)8-18-7-10-2-1-5-17-14(10)9-18/h3-4,6,10,14,17H,1-2,5,7-9H2. The molecule has 1 aromatic carbocycles. The normalized spacial score (nSPS) is 28.3. The summed E-state index contributed by atoms with van der Waals surface area (Å²) in [6.45, 7) is 4.01. The van der Waals surface area contributed by atoms with Gasteiger partial charge in [-0.2, -0.15) is 0 Å². The summed E-state index contributed by atoms with van der Waals surface area (Å²) in [5, 5.41) is 3.58. The first kappa shape index (κ1) is 12.6. The van der Waals surface area contributed by atoms with Crippen molar-refractivity contribution in [3.05, 3.63) is 34.1 Å². The average molecular weight is 313 g/mol. The summed E-state index contributed by atoms with van der Waals surface area (Å²) in [5.41, 5.74) is 0.794. The monoisotopic (exact) mass is 312 g/mol. The van der Waals surface area contributed by atoms with Crippen LogP contribution in [0.5, 0.6) is 0 Å². The number of hydrogen-bond donors (Lipinski definition) is 1. The first-order valence-electron chi connectivity index (χ1n) is 6.62. The van der Waals surface area contributed by atoms with Gasteiger partial charge in [-0.15, -0.1) is 0 Å². The Morgan fingerprint density at radius 2 is 2.28 bits per heavy atom. The molecule has 0 aromatic heterocycles. The molecule has 0 saturated carbocycles. The fraction of sp³-hybridized carbons (Fsp3) is 0.571. The molecule has 2 fully saturated rings. The summed E-state index contributed by atoms with van der Waals surface area (Å²) in [4.78, 5) is 2.37. The van der Waals surface area contributed by atoms with Gasteiger partial charge >= 0.3 is 0 Å². The second-order valence-corrected chi connectivity index (χ2v) is 6.31. The molecule has 0 aliphatic carbocycles. The predicted molar refractivity (Wildman–Crippen MR) is 73.9 cm³/mol. The SMILES string of the molecule is Fc1ccc(Br)cc1CN1CC2CCCNC2C1. The van der Waals surface area contributed by atoms with E-state index in [1.165, 1.54) is 12.8 Å². The molecule has 2 unspecified atom stereocenters. The van der Waals surface area contributed by atoms with Crippen molar-refractivity contribution in [2.24, 2.45) is 5.92 Å². The number of piperidine rings is 1. The topological polar surface area (TPSA) is 15.3 Å². The maximum Gasteiger partial charge on any atom is 0.127 e. The number of fused-ring (bicyclic) bond motifs is 1. The maximum absolute atomic E-state index is 13.7. The Kier molecular flexibility index (Phi) is 3.68. The lowest BCUT2D eigenvalue weighted by molar-refractivity contribution is 0.308. The number of hydrogen-bond acceptors (Lipinski definition) is 2. The van der Waals surface area contributed by atoms with Gasteiger partial charge in [-0.1, -0.05) is 15.9 Å². The van der Waals surface area contributed by atoms with E-state index < -0.39 is 0 Å². The lowest BCUT2D eigenvalue weighted by atomic mass is 9.94. The third kappa shape index (κ3) is 2.60. The van der Waals surface area contributed by atoms with Crippen LogP contribution in [0.1, 0.15) is 18.4 Å². The van der Waals surface area contributed by atoms with Crippen LogP contribution in [-0.2, 0) is 6.54 Å². The van der Waals surface area contributed by atoms with E-state index in [2.05, 4.69) is 26.1 Å². The third-order valence-electron chi connectivity index (χ3n) is 4.08.